The zero-order valence-electron chi connectivity index (χ0n) is 12.1. The lowest BCUT2D eigenvalue weighted by Gasteiger charge is -2.34. The molecule has 1 fully saturated rings. The van der Waals surface area contributed by atoms with E-state index in [1.54, 1.807) is 0 Å². The molecule has 3 nitrogen and oxygen atoms in total. The Balaban J connectivity index is 0.00000200. The van der Waals surface area contributed by atoms with E-state index in [0.29, 0.717) is 11.9 Å². The molecule has 1 amide bonds. The number of aryl methyl sites for hydroxylation is 1. The molecule has 0 spiro atoms. The summed E-state index contributed by atoms with van der Waals surface area (Å²) < 4.78 is 0. The maximum absolute atomic E-state index is 12.1. The number of amides is 1. The van der Waals surface area contributed by atoms with E-state index < -0.39 is 0 Å². The van der Waals surface area contributed by atoms with E-state index in [9.17, 15) is 4.79 Å². The van der Waals surface area contributed by atoms with Gasteiger partial charge in [0.1, 0.15) is 0 Å². The summed E-state index contributed by atoms with van der Waals surface area (Å²) >= 11 is 1.83. The maximum atomic E-state index is 12.1. The van der Waals surface area contributed by atoms with Crippen molar-refractivity contribution < 1.29 is 4.79 Å². The van der Waals surface area contributed by atoms with E-state index in [2.05, 4.69) is 29.8 Å². The molecular formula is C15H25ClN2OS. The zero-order chi connectivity index (χ0) is 13.5. The third-order valence-electron chi connectivity index (χ3n) is 3.72. The molecule has 2 heterocycles. The average Bonchev–Trinajstić information content (AvgIpc) is 2.92. The van der Waals surface area contributed by atoms with E-state index in [0.717, 1.165) is 45.3 Å². The Morgan fingerprint density at radius 2 is 2.30 bits per heavy atom. The van der Waals surface area contributed by atoms with E-state index in [1.165, 1.54) is 11.3 Å². The number of piperazine rings is 1. The molecule has 5 heteroatoms. The third-order valence-corrected chi connectivity index (χ3v) is 4.65. The SMILES string of the molecule is CC1CNCCN1C(=O)CCCCCc1cccs1.Cl. The van der Waals surface area contributed by atoms with Crippen LogP contribution in [0.1, 0.15) is 37.5 Å². The minimum absolute atomic E-state index is 0. The van der Waals surface area contributed by atoms with Crippen LogP contribution in [0.5, 0.6) is 0 Å². The van der Waals surface area contributed by atoms with Crippen LogP contribution in [-0.4, -0.2) is 36.5 Å². The summed E-state index contributed by atoms with van der Waals surface area (Å²) in [5.74, 6) is 0.338. The summed E-state index contributed by atoms with van der Waals surface area (Å²) in [6.45, 7) is 4.87. The van der Waals surface area contributed by atoms with E-state index in [1.807, 2.05) is 16.2 Å². The van der Waals surface area contributed by atoms with Crippen LogP contribution in [-0.2, 0) is 11.2 Å². The van der Waals surface area contributed by atoms with Gasteiger partial charge in [-0.3, -0.25) is 4.79 Å². The van der Waals surface area contributed by atoms with Crippen LogP contribution >= 0.6 is 23.7 Å². The Bertz CT molecular complexity index is 383. The van der Waals surface area contributed by atoms with Crippen molar-refractivity contribution in [3.05, 3.63) is 22.4 Å². The fourth-order valence-corrected chi connectivity index (χ4v) is 3.31. The normalized spacial score (nSPS) is 18.6. The molecule has 0 aromatic carbocycles. The molecule has 1 saturated heterocycles. The molecule has 0 saturated carbocycles. The minimum atomic E-state index is 0. The summed E-state index contributed by atoms with van der Waals surface area (Å²) in [6, 6.07) is 4.65. The summed E-state index contributed by atoms with van der Waals surface area (Å²) in [5.41, 5.74) is 0. The molecule has 1 aromatic rings. The van der Waals surface area contributed by atoms with E-state index in [-0.39, 0.29) is 12.4 Å². The van der Waals surface area contributed by atoms with Crippen LogP contribution in [0.15, 0.2) is 17.5 Å². The van der Waals surface area contributed by atoms with Crippen LogP contribution in [0, 0.1) is 0 Å². The zero-order valence-corrected chi connectivity index (χ0v) is 13.8. The van der Waals surface area contributed by atoms with Gasteiger partial charge >= 0.3 is 0 Å². The molecule has 20 heavy (non-hydrogen) atoms. The standard InChI is InChI=1S/C15H24N2OS.ClH/c1-13-12-16-9-10-17(13)15(18)8-4-2-3-6-14-7-5-11-19-14;/h5,7,11,13,16H,2-4,6,8-10,12H2,1H3;1H. The minimum Gasteiger partial charge on any atom is -0.337 e. The molecular weight excluding hydrogens is 292 g/mol. The first-order valence-corrected chi connectivity index (χ1v) is 8.18. The number of thiophene rings is 1. The Morgan fingerprint density at radius 1 is 1.45 bits per heavy atom. The number of nitrogens with zero attached hydrogens (tertiary/aromatic N) is 1. The van der Waals surface area contributed by atoms with Gasteiger partial charge in [0, 0.05) is 37.0 Å². The van der Waals surface area contributed by atoms with Crippen molar-refractivity contribution in [1.29, 1.82) is 0 Å². The number of rotatable bonds is 6. The van der Waals surface area contributed by atoms with Gasteiger partial charge < -0.3 is 10.2 Å². The van der Waals surface area contributed by atoms with E-state index in [4.69, 9.17) is 0 Å². The number of hydrogen-bond acceptors (Lipinski definition) is 3. The number of halogens is 1. The number of unbranched alkanes of at least 4 members (excludes halogenated alkanes) is 2. The first-order valence-electron chi connectivity index (χ1n) is 7.30. The fraction of sp³-hybridized carbons (Fsp3) is 0.667. The van der Waals surface area contributed by atoms with Crippen molar-refractivity contribution in [2.45, 2.75) is 45.1 Å². The molecule has 1 aliphatic heterocycles. The lowest BCUT2D eigenvalue weighted by Crippen LogP contribution is -2.52. The van der Waals surface area contributed by atoms with Crippen LogP contribution in [0.4, 0.5) is 0 Å². The Labute approximate surface area is 132 Å². The molecule has 0 bridgehead atoms. The Kier molecular flexibility index (Phi) is 8.19. The average molecular weight is 317 g/mol. The number of nitrogens with one attached hydrogen (secondary N) is 1. The highest BCUT2D eigenvalue weighted by Crippen LogP contribution is 2.14. The number of hydrogen-bond donors (Lipinski definition) is 1. The topological polar surface area (TPSA) is 32.3 Å². The lowest BCUT2D eigenvalue weighted by molar-refractivity contribution is -0.134. The lowest BCUT2D eigenvalue weighted by atomic mass is 10.1. The Morgan fingerprint density at radius 3 is 3.00 bits per heavy atom. The van der Waals surface area contributed by atoms with Gasteiger partial charge in [0.15, 0.2) is 0 Å². The van der Waals surface area contributed by atoms with Gasteiger partial charge in [-0.1, -0.05) is 12.5 Å². The van der Waals surface area contributed by atoms with Crippen molar-refractivity contribution in [3.63, 3.8) is 0 Å². The number of carbonyl (C=O) groups is 1. The third kappa shape index (κ3) is 5.43. The molecule has 1 aliphatic rings. The largest absolute Gasteiger partial charge is 0.337 e. The van der Waals surface area contributed by atoms with Crippen LogP contribution in [0.2, 0.25) is 0 Å². The van der Waals surface area contributed by atoms with Gasteiger partial charge in [0.05, 0.1) is 0 Å². The van der Waals surface area contributed by atoms with Crippen molar-refractivity contribution in [3.8, 4) is 0 Å². The molecule has 1 aromatic heterocycles. The van der Waals surface area contributed by atoms with Gasteiger partial charge in [-0.15, -0.1) is 23.7 Å². The summed E-state index contributed by atoms with van der Waals surface area (Å²) in [4.78, 5) is 15.6. The molecule has 0 aliphatic carbocycles. The van der Waals surface area contributed by atoms with Gasteiger partial charge in [-0.2, -0.15) is 0 Å². The number of carbonyl (C=O) groups excluding carboxylic acids is 1. The first-order chi connectivity index (χ1) is 9.27. The highest BCUT2D eigenvalue weighted by atomic mass is 35.5. The van der Waals surface area contributed by atoms with Crippen molar-refractivity contribution in [2.24, 2.45) is 0 Å². The first kappa shape index (κ1) is 17.5. The quantitative estimate of drug-likeness (QED) is 0.818. The predicted octanol–water partition coefficient (Wildman–Crippen LogP) is 3.09. The van der Waals surface area contributed by atoms with Crippen molar-refractivity contribution in [2.75, 3.05) is 19.6 Å². The molecule has 1 N–H and O–H groups in total. The van der Waals surface area contributed by atoms with Gasteiger partial charge in [0.2, 0.25) is 5.91 Å². The second kappa shape index (κ2) is 9.37. The van der Waals surface area contributed by atoms with Crippen molar-refractivity contribution in [1.82, 2.24) is 10.2 Å². The summed E-state index contributed by atoms with van der Waals surface area (Å²) in [5, 5.41) is 5.45. The summed E-state index contributed by atoms with van der Waals surface area (Å²) in [7, 11) is 0. The van der Waals surface area contributed by atoms with Crippen LogP contribution < -0.4 is 5.32 Å². The second-order valence-corrected chi connectivity index (χ2v) is 6.31. The van der Waals surface area contributed by atoms with Crippen LogP contribution in [0.25, 0.3) is 0 Å². The molecule has 114 valence electrons. The highest BCUT2D eigenvalue weighted by molar-refractivity contribution is 7.09. The Hall–Kier alpha value is -0.580. The molecule has 0 radical (unpaired) electrons. The van der Waals surface area contributed by atoms with Crippen LogP contribution in [0.3, 0.4) is 0 Å². The predicted molar refractivity (Wildman–Crippen MR) is 87.8 cm³/mol. The highest BCUT2D eigenvalue weighted by Gasteiger charge is 2.21. The second-order valence-electron chi connectivity index (χ2n) is 5.28. The monoisotopic (exact) mass is 316 g/mol. The summed E-state index contributed by atoms with van der Waals surface area (Å²) in [6.07, 6.45) is 5.26. The molecule has 1 unspecified atom stereocenters. The van der Waals surface area contributed by atoms with E-state index >= 15 is 0 Å². The van der Waals surface area contributed by atoms with Crippen molar-refractivity contribution >= 4 is 29.7 Å². The van der Waals surface area contributed by atoms with Gasteiger partial charge in [-0.05, 0) is 37.6 Å². The molecule has 1 atom stereocenters. The fourth-order valence-electron chi connectivity index (χ4n) is 2.56. The molecule has 2 rings (SSSR count). The smallest absolute Gasteiger partial charge is 0.222 e. The van der Waals surface area contributed by atoms with Gasteiger partial charge in [-0.25, -0.2) is 0 Å². The van der Waals surface area contributed by atoms with Gasteiger partial charge in [0.25, 0.3) is 0 Å². The maximum Gasteiger partial charge on any atom is 0.222 e.